The van der Waals surface area contributed by atoms with Crippen LogP contribution in [-0.4, -0.2) is 29.9 Å². The van der Waals surface area contributed by atoms with Crippen molar-refractivity contribution in [1.29, 1.82) is 0 Å². The van der Waals surface area contributed by atoms with Crippen LogP contribution in [0.15, 0.2) is 90.0 Å². The van der Waals surface area contributed by atoms with Crippen LogP contribution in [0, 0.1) is 10.5 Å². The summed E-state index contributed by atoms with van der Waals surface area (Å²) >= 11 is 2.28. The molecule has 0 unspecified atom stereocenters. The lowest BCUT2D eigenvalue weighted by Gasteiger charge is -2.26. The summed E-state index contributed by atoms with van der Waals surface area (Å²) < 4.78 is 33.9. The minimum atomic E-state index is -4.41. The van der Waals surface area contributed by atoms with E-state index in [0.29, 0.717) is 15.8 Å². The van der Waals surface area contributed by atoms with Gasteiger partial charge in [-0.2, -0.15) is 8.42 Å². The molecule has 0 saturated heterocycles. The molecule has 0 saturated carbocycles. The number of hydrogen-bond acceptors (Lipinski definition) is 5. The summed E-state index contributed by atoms with van der Waals surface area (Å²) in [5.74, 6) is -1.67. The molecule has 1 aliphatic heterocycles. The standard InChI is InChI=1S/C27H17IN2O5S/c1-16-9-11-17(12-10-16)36(33,34)35-30-26(31)20-7-4-6-19-24(14-13-21(25(19)20)27(30)32)29-15-22(28)18-5-2-3-8-23(18)29/h2-15H,1H3. The lowest BCUT2D eigenvalue weighted by molar-refractivity contribution is -0.0155. The predicted octanol–water partition coefficient (Wildman–Crippen LogP) is 5.61. The van der Waals surface area contributed by atoms with Gasteiger partial charge in [-0.1, -0.05) is 48.0 Å². The second-order valence-electron chi connectivity index (χ2n) is 8.47. The third-order valence-electron chi connectivity index (χ3n) is 6.25. The number of para-hydroxylation sites is 1. The number of rotatable bonds is 4. The normalized spacial score (nSPS) is 13.7. The molecule has 0 spiro atoms. The number of aromatic nitrogens is 1. The van der Waals surface area contributed by atoms with Crippen molar-refractivity contribution in [2.45, 2.75) is 11.8 Å². The van der Waals surface area contributed by atoms with Gasteiger partial charge in [-0.05, 0) is 65.9 Å². The Morgan fingerprint density at radius 1 is 0.778 bits per heavy atom. The summed E-state index contributed by atoms with van der Waals surface area (Å²) in [4.78, 5) is 26.5. The van der Waals surface area contributed by atoms with Crippen LogP contribution in [0.2, 0.25) is 0 Å². The van der Waals surface area contributed by atoms with Gasteiger partial charge in [0.1, 0.15) is 0 Å². The molecule has 4 aromatic carbocycles. The first-order chi connectivity index (χ1) is 17.3. The second kappa shape index (κ2) is 8.26. The van der Waals surface area contributed by atoms with Crippen molar-refractivity contribution >= 4 is 66.2 Å². The summed E-state index contributed by atoms with van der Waals surface area (Å²) in [6, 6.07) is 22.5. The minimum absolute atomic E-state index is 0.151. The van der Waals surface area contributed by atoms with Gasteiger partial charge >= 0.3 is 10.1 Å². The first-order valence-corrected chi connectivity index (χ1v) is 13.5. The largest absolute Gasteiger partial charge is 0.318 e. The molecular formula is C27H17IN2O5S. The zero-order valence-electron chi connectivity index (χ0n) is 18.8. The van der Waals surface area contributed by atoms with Crippen molar-refractivity contribution in [2.24, 2.45) is 0 Å². The van der Waals surface area contributed by atoms with E-state index in [1.807, 2.05) is 48.0 Å². The number of hydrogen-bond donors (Lipinski definition) is 0. The fourth-order valence-corrected chi connectivity index (χ4v) is 6.14. The average molecular weight is 608 g/mol. The molecule has 7 nitrogen and oxygen atoms in total. The van der Waals surface area contributed by atoms with Crippen LogP contribution in [0.4, 0.5) is 0 Å². The Hall–Kier alpha value is -3.54. The molecule has 0 radical (unpaired) electrons. The van der Waals surface area contributed by atoms with E-state index in [0.717, 1.165) is 25.7 Å². The number of fused-ring (bicyclic) bond motifs is 1. The van der Waals surface area contributed by atoms with Gasteiger partial charge in [-0.25, -0.2) is 0 Å². The third kappa shape index (κ3) is 3.46. The number of imide groups is 1. The van der Waals surface area contributed by atoms with E-state index < -0.39 is 21.9 Å². The van der Waals surface area contributed by atoms with Gasteiger partial charge in [0.25, 0.3) is 11.8 Å². The Labute approximate surface area is 220 Å². The molecule has 1 aromatic heterocycles. The molecule has 0 fully saturated rings. The van der Waals surface area contributed by atoms with Gasteiger partial charge in [0.15, 0.2) is 0 Å². The van der Waals surface area contributed by atoms with E-state index in [2.05, 4.69) is 22.6 Å². The Morgan fingerprint density at radius 3 is 2.19 bits per heavy atom. The Kier molecular flexibility index (Phi) is 5.25. The molecular weight excluding hydrogens is 591 g/mol. The number of nitrogens with zero attached hydrogens (tertiary/aromatic N) is 2. The van der Waals surface area contributed by atoms with Crippen molar-refractivity contribution in [1.82, 2.24) is 9.63 Å². The molecule has 2 heterocycles. The average Bonchev–Trinajstić information content (AvgIpc) is 3.21. The zero-order chi connectivity index (χ0) is 25.2. The molecule has 0 N–H and O–H groups in total. The van der Waals surface area contributed by atoms with Crippen molar-refractivity contribution < 1.29 is 22.3 Å². The van der Waals surface area contributed by atoms with Gasteiger partial charge in [0.05, 0.1) is 27.2 Å². The zero-order valence-corrected chi connectivity index (χ0v) is 21.8. The molecule has 0 bridgehead atoms. The summed E-state index contributed by atoms with van der Waals surface area (Å²) in [6.45, 7) is 1.82. The number of amides is 2. The maximum atomic E-state index is 13.3. The fraction of sp³-hybridized carbons (Fsp3) is 0.0370. The number of benzene rings is 4. The molecule has 5 aromatic rings. The smallest absolute Gasteiger partial charge is 0.315 e. The van der Waals surface area contributed by atoms with Gasteiger partial charge in [-0.15, -0.1) is 9.35 Å². The number of halogens is 1. The van der Waals surface area contributed by atoms with Gasteiger partial charge in [0.2, 0.25) is 0 Å². The second-order valence-corrected chi connectivity index (χ2v) is 11.2. The summed E-state index contributed by atoms with van der Waals surface area (Å²) in [5.41, 5.74) is 3.03. The monoisotopic (exact) mass is 608 g/mol. The molecule has 1 aliphatic rings. The first kappa shape index (κ1) is 22.9. The molecule has 0 aliphatic carbocycles. The molecule has 2 amide bonds. The Bertz CT molecular complexity index is 1820. The van der Waals surface area contributed by atoms with Gasteiger partial charge < -0.3 is 4.57 Å². The van der Waals surface area contributed by atoms with Crippen LogP contribution in [-0.2, 0) is 14.4 Å². The highest BCUT2D eigenvalue weighted by atomic mass is 127. The summed E-state index contributed by atoms with van der Waals surface area (Å²) in [7, 11) is -4.41. The van der Waals surface area contributed by atoms with Crippen molar-refractivity contribution in [3.8, 4) is 5.69 Å². The molecule has 0 atom stereocenters. The van der Waals surface area contributed by atoms with E-state index in [9.17, 15) is 18.0 Å². The lowest BCUT2D eigenvalue weighted by atomic mass is 9.94. The topological polar surface area (TPSA) is 85.7 Å². The van der Waals surface area contributed by atoms with Crippen molar-refractivity contribution in [3.05, 3.63) is 105 Å². The summed E-state index contributed by atoms with van der Waals surface area (Å²) in [6.07, 6.45) is 2.01. The minimum Gasteiger partial charge on any atom is -0.315 e. The molecule has 178 valence electrons. The highest BCUT2D eigenvalue weighted by Crippen LogP contribution is 2.36. The number of carbonyl (C=O) groups is 2. The molecule has 6 rings (SSSR count). The van der Waals surface area contributed by atoms with E-state index in [4.69, 9.17) is 4.28 Å². The van der Waals surface area contributed by atoms with Crippen molar-refractivity contribution in [3.63, 3.8) is 0 Å². The SMILES string of the molecule is Cc1ccc(S(=O)(=O)ON2C(=O)c3cccc4c(-n5cc(I)c6ccccc65)ccc(c34)C2=O)cc1. The lowest BCUT2D eigenvalue weighted by Crippen LogP contribution is -2.41. The third-order valence-corrected chi connectivity index (χ3v) is 8.31. The van der Waals surface area contributed by atoms with Crippen LogP contribution < -0.4 is 0 Å². The van der Waals surface area contributed by atoms with Crippen LogP contribution in [0.3, 0.4) is 0 Å². The fourth-order valence-electron chi connectivity index (χ4n) is 4.52. The Balaban J connectivity index is 1.48. The van der Waals surface area contributed by atoms with Crippen molar-refractivity contribution in [2.75, 3.05) is 0 Å². The summed E-state index contributed by atoms with van der Waals surface area (Å²) in [5, 5.41) is 2.59. The van der Waals surface area contributed by atoms with E-state index in [-0.39, 0.29) is 16.0 Å². The van der Waals surface area contributed by atoms with E-state index in [1.54, 1.807) is 36.4 Å². The number of carbonyl (C=O) groups excluding carboxylic acids is 2. The molecule has 36 heavy (non-hydrogen) atoms. The maximum absolute atomic E-state index is 13.3. The maximum Gasteiger partial charge on any atom is 0.318 e. The van der Waals surface area contributed by atoms with Gasteiger partial charge in [0, 0.05) is 25.9 Å². The number of aryl methyl sites for hydroxylation is 1. The van der Waals surface area contributed by atoms with Crippen LogP contribution in [0.5, 0.6) is 0 Å². The van der Waals surface area contributed by atoms with Crippen LogP contribution in [0.25, 0.3) is 27.4 Å². The Morgan fingerprint density at radius 2 is 1.44 bits per heavy atom. The van der Waals surface area contributed by atoms with Crippen LogP contribution in [0.1, 0.15) is 26.3 Å². The highest BCUT2D eigenvalue weighted by molar-refractivity contribution is 14.1. The highest BCUT2D eigenvalue weighted by Gasteiger charge is 2.38. The molecule has 9 heteroatoms. The van der Waals surface area contributed by atoms with Crippen LogP contribution >= 0.6 is 22.6 Å². The number of hydroxylamine groups is 2. The van der Waals surface area contributed by atoms with E-state index in [1.165, 1.54) is 12.1 Å². The van der Waals surface area contributed by atoms with E-state index >= 15 is 0 Å². The van der Waals surface area contributed by atoms with Gasteiger partial charge in [-0.3, -0.25) is 9.59 Å². The predicted molar refractivity (Wildman–Crippen MR) is 143 cm³/mol. The quantitative estimate of drug-likeness (QED) is 0.196. The first-order valence-electron chi connectivity index (χ1n) is 11.0.